The van der Waals surface area contributed by atoms with Gasteiger partial charge in [0.1, 0.15) is 0 Å². The highest BCUT2D eigenvalue weighted by molar-refractivity contribution is 7.84. The fraction of sp³-hybridized carbons (Fsp3) is 0.588. The summed E-state index contributed by atoms with van der Waals surface area (Å²) >= 11 is 0. The van der Waals surface area contributed by atoms with Crippen LogP contribution in [0.2, 0.25) is 0 Å². The van der Waals surface area contributed by atoms with Crippen molar-refractivity contribution in [2.24, 2.45) is 23.5 Å². The molecule has 22 heavy (non-hydrogen) atoms. The van der Waals surface area contributed by atoms with E-state index in [-0.39, 0.29) is 17.9 Å². The summed E-state index contributed by atoms with van der Waals surface area (Å²) in [7, 11) is 0.890. The van der Waals surface area contributed by atoms with Gasteiger partial charge in [-0.15, -0.1) is 0 Å². The summed E-state index contributed by atoms with van der Waals surface area (Å²) in [4.78, 5) is 15.3. The second-order valence-corrected chi connectivity index (χ2v) is 8.11. The van der Waals surface area contributed by atoms with Gasteiger partial charge in [0.15, 0.2) is 0 Å². The van der Waals surface area contributed by atoms with Crippen molar-refractivity contribution in [1.29, 1.82) is 0 Å². The van der Waals surface area contributed by atoms with Gasteiger partial charge in [-0.05, 0) is 48.8 Å². The first kappa shape index (κ1) is 15.7. The van der Waals surface area contributed by atoms with E-state index >= 15 is 0 Å². The number of nitrogens with two attached hydrogens (primary N) is 1. The van der Waals surface area contributed by atoms with Crippen LogP contribution in [0.3, 0.4) is 0 Å². The molecule has 3 rings (SSSR count). The first-order chi connectivity index (χ1) is 10.5. The van der Waals surface area contributed by atoms with Gasteiger partial charge in [0.05, 0.1) is 5.92 Å². The largest absolute Gasteiger partial charge is 0.341 e. The maximum atomic E-state index is 12.7. The maximum Gasteiger partial charge on any atom is 0.227 e. The number of carbonyl (C=O) groups excluding carboxylic acids is 1. The Kier molecular flexibility index (Phi) is 4.37. The summed E-state index contributed by atoms with van der Waals surface area (Å²) in [6.07, 6.45) is 5.14. The van der Waals surface area contributed by atoms with Gasteiger partial charge in [0.25, 0.3) is 0 Å². The third kappa shape index (κ3) is 2.84. The molecule has 0 spiro atoms. The smallest absolute Gasteiger partial charge is 0.227 e. The highest BCUT2D eigenvalue weighted by atomic mass is 32.2. The Balaban J connectivity index is 1.65. The first-order valence-electron chi connectivity index (χ1n) is 7.90. The minimum atomic E-state index is -0.964. The number of carbonyl (C=O) groups is 1. The summed E-state index contributed by atoms with van der Waals surface area (Å²) in [5.74, 6) is 1.22. The molecule has 5 heteroatoms. The van der Waals surface area contributed by atoms with Crippen molar-refractivity contribution < 1.29 is 9.00 Å². The second-order valence-electron chi connectivity index (χ2n) is 6.73. The molecule has 2 bridgehead atoms. The number of hydrogen-bond acceptors (Lipinski definition) is 3. The molecule has 1 aromatic rings. The fourth-order valence-corrected chi connectivity index (χ4v) is 4.61. The van der Waals surface area contributed by atoms with Crippen LogP contribution in [-0.4, -0.2) is 34.4 Å². The van der Waals surface area contributed by atoms with Gasteiger partial charge in [0.2, 0.25) is 5.91 Å². The monoisotopic (exact) mass is 320 g/mol. The number of benzene rings is 1. The predicted molar refractivity (Wildman–Crippen MR) is 87.5 cm³/mol. The van der Waals surface area contributed by atoms with Crippen LogP contribution in [-0.2, 0) is 22.1 Å². The van der Waals surface area contributed by atoms with E-state index < -0.39 is 10.8 Å². The van der Waals surface area contributed by atoms with Gasteiger partial charge in [-0.3, -0.25) is 9.00 Å². The molecule has 2 N–H and O–H groups in total. The molecule has 1 amide bonds. The van der Waals surface area contributed by atoms with Crippen LogP contribution < -0.4 is 5.73 Å². The van der Waals surface area contributed by atoms with Crippen LogP contribution in [0.15, 0.2) is 29.2 Å². The topological polar surface area (TPSA) is 63.4 Å². The van der Waals surface area contributed by atoms with E-state index in [2.05, 4.69) is 0 Å². The van der Waals surface area contributed by atoms with Crippen molar-refractivity contribution in [2.75, 3.05) is 13.3 Å². The minimum Gasteiger partial charge on any atom is -0.341 e. The normalized spacial score (nSPS) is 31.2. The highest BCUT2D eigenvalue weighted by Gasteiger charge is 2.49. The minimum absolute atomic E-state index is 0.00571. The molecule has 0 saturated heterocycles. The Morgan fingerprint density at radius 3 is 2.45 bits per heavy atom. The average Bonchev–Trinajstić information content (AvgIpc) is 3.08. The molecular formula is C17H24N2O2S. The van der Waals surface area contributed by atoms with Crippen molar-refractivity contribution in [3.63, 3.8) is 0 Å². The lowest BCUT2D eigenvalue weighted by Gasteiger charge is -2.30. The molecular weight excluding hydrogens is 296 g/mol. The Hall–Kier alpha value is -1.20. The number of rotatable bonds is 4. The molecule has 0 radical (unpaired) electrons. The second kappa shape index (κ2) is 6.13. The van der Waals surface area contributed by atoms with E-state index in [0.29, 0.717) is 18.4 Å². The van der Waals surface area contributed by atoms with Crippen LogP contribution >= 0.6 is 0 Å². The van der Waals surface area contributed by atoms with E-state index in [4.69, 9.17) is 5.73 Å². The van der Waals surface area contributed by atoms with Crippen molar-refractivity contribution in [2.45, 2.75) is 36.7 Å². The number of hydrogen-bond donors (Lipinski definition) is 1. The molecule has 1 aromatic carbocycles. The Morgan fingerprint density at radius 2 is 1.91 bits per heavy atom. The van der Waals surface area contributed by atoms with Gasteiger partial charge < -0.3 is 10.6 Å². The third-order valence-corrected chi connectivity index (χ3v) is 6.25. The van der Waals surface area contributed by atoms with Gasteiger partial charge in [-0.1, -0.05) is 12.1 Å². The summed E-state index contributed by atoms with van der Waals surface area (Å²) in [5, 5.41) is 0. The zero-order valence-corrected chi connectivity index (χ0v) is 14.0. The molecule has 2 fully saturated rings. The number of fused-ring (bicyclic) bond motifs is 2. The van der Waals surface area contributed by atoms with Gasteiger partial charge in [0, 0.05) is 41.6 Å². The molecule has 4 nitrogen and oxygen atoms in total. The van der Waals surface area contributed by atoms with Crippen LogP contribution in [0.4, 0.5) is 0 Å². The zero-order valence-electron chi connectivity index (χ0n) is 13.2. The zero-order chi connectivity index (χ0) is 15.9. The fourth-order valence-electron chi connectivity index (χ4n) is 4.09. The predicted octanol–water partition coefficient (Wildman–Crippen LogP) is 1.76. The Bertz CT molecular complexity index is 585. The maximum absolute atomic E-state index is 12.7. The summed E-state index contributed by atoms with van der Waals surface area (Å²) in [6, 6.07) is 7.67. The van der Waals surface area contributed by atoms with E-state index in [9.17, 15) is 9.00 Å². The first-order valence-corrected chi connectivity index (χ1v) is 9.46. The summed E-state index contributed by atoms with van der Waals surface area (Å²) in [6.45, 7) is 0.579. The summed E-state index contributed by atoms with van der Waals surface area (Å²) < 4.78 is 11.4. The lowest BCUT2D eigenvalue weighted by atomic mass is 9.84. The highest BCUT2D eigenvalue weighted by Crippen LogP contribution is 2.48. The number of amides is 1. The van der Waals surface area contributed by atoms with Gasteiger partial charge >= 0.3 is 0 Å². The lowest BCUT2D eigenvalue weighted by molar-refractivity contribution is -0.137. The molecule has 2 saturated carbocycles. The molecule has 5 atom stereocenters. The van der Waals surface area contributed by atoms with E-state index in [0.717, 1.165) is 23.3 Å². The number of nitrogens with zero attached hydrogens (tertiary/aromatic N) is 1. The lowest BCUT2D eigenvalue weighted by Crippen LogP contribution is -2.45. The molecule has 5 unspecified atom stereocenters. The van der Waals surface area contributed by atoms with Gasteiger partial charge in [-0.2, -0.15) is 0 Å². The van der Waals surface area contributed by atoms with E-state index in [1.165, 1.54) is 6.42 Å². The molecule has 0 aliphatic heterocycles. The molecule has 120 valence electrons. The Morgan fingerprint density at radius 1 is 1.27 bits per heavy atom. The Labute approximate surface area is 134 Å². The van der Waals surface area contributed by atoms with Gasteiger partial charge in [-0.25, -0.2) is 0 Å². The van der Waals surface area contributed by atoms with Crippen LogP contribution in [0, 0.1) is 17.8 Å². The van der Waals surface area contributed by atoms with Crippen LogP contribution in [0.25, 0.3) is 0 Å². The molecule has 2 aliphatic rings. The summed E-state index contributed by atoms with van der Waals surface area (Å²) in [5.41, 5.74) is 7.33. The van der Waals surface area contributed by atoms with Crippen LogP contribution in [0.1, 0.15) is 24.8 Å². The molecule has 0 heterocycles. The third-order valence-electron chi connectivity index (χ3n) is 5.32. The SMILES string of the molecule is CN(Cc1ccc(S(C)=O)cc1)C(=O)C1C2CCC(C2)C1N. The standard InChI is InChI=1S/C17H24N2O2S/c1-19(10-11-3-7-14(8-4-11)22(2)21)17(20)15-12-5-6-13(9-12)16(15)18/h3-4,7-8,12-13,15-16H,5-6,9-10,18H2,1-2H3. The van der Waals surface area contributed by atoms with Crippen LogP contribution in [0.5, 0.6) is 0 Å². The average molecular weight is 320 g/mol. The van der Waals surface area contributed by atoms with Crippen molar-refractivity contribution >= 4 is 16.7 Å². The quantitative estimate of drug-likeness (QED) is 0.919. The van der Waals surface area contributed by atoms with Crippen molar-refractivity contribution in [3.8, 4) is 0 Å². The molecule has 0 aromatic heterocycles. The molecule has 2 aliphatic carbocycles. The van der Waals surface area contributed by atoms with Crippen molar-refractivity contribution in [1.82, 2.24) is 4.90 Å². The van der Waals surface area contributed by atoms with E-state index in [1.54, 1.807) is 11.2 Å². The van der Waals surface area contributed by atoms with Crippen molar-refractivity contribution in [3.05, 3.63) is 29.8 Å². The van der Waals surface area contributed by atoms with E-state index in [1.807, 2.05) is 31.3 Å².